The molecule has 2 fully saturated rings. The van der Waals surface area contributed by atoms with E-state index in [4.69, 9.17) is 16.6 Å². The Labute approximate surface area is 159 Å². The number of hydrogen-bond donors (Lipinski definition) is 2. The summed E-state index contributed by atoms with van der Waals surface area (Å²) in [6, 6.07) is 8.00. The monoisotopic (exact) mass is 382 g/mol. The van der Waals surface area contributed by atoms with Crippen LogP contribution in [0.25, 0.3) is 0 Å². The van der Waals surface area contributed by atoms with Gasteiger partial charge in [-0.1, -0.05) is 23.7 Å². The summed E-state index contributed by atoms with van der Waals surface area (Å²) in [7, 11) is 0. The van der Waals surface area contributed by atoms with Gasteiger partial charge in [-0.15, -0.1) is 0 Å². The summed E-state index contributed by atoms with van der Waals surface area (Å²) in [5.41, 5.74) is 0.466. The molecule has 1 aromatic carbocycles. The van der Waals surface area contributed by atoms with Gasteiger partial charge in [-0.05, 0) is 31.2 Å². The number of anilines is 1. The number of aliphatic hydroxyl groups is 1. The van der Waals surface area contributed by atoms with E-state index < -0.39 is 5.60 Å². The quantitative estimate of drug-likeness (QED) is 0.618. The number of nitrogens with zero attached hydrogens (tertiary/aromatic N) is 3. The number of halogens is 1. The third-order valence-corrected chi connectivity index (χ3v) is 6.27. The molecule has 2 N–H and O–H groups in total. The van der Waals surface area contributed by atoms with Crippen LogP contribution in [0, 0.1) is 0 Å². The van der Waals surface area contributed by atoms with Gasteiger partial charge < -0.3 is 20.2 Å². The zero-order valence-electron chi connectivity index (χ0n) is 14.7. The second kappa shape index (κ2) is 8.52. The van der Waals surface area contributed by atoms with Crippen LogP contribution in [-0.2, 0) is 0 Å². The van der Waals surface area contributed by atoms with Crippen molar-refractivity contribution in [3.8, 4) is 0 Å². The Morgan fingerprint density at radius 3 is 2.72 bits per heavy atom. The molecule has 1 aromatic rings. The van der Waals surface area contributed by atoms with Gasteiger partial charge in [0, 0.05) is 38.5 Å². The topological polar surface area (TPSA) is 51.1 Å². The zero-order chi connectivity index (χ0) is 17.7. The molecule has 0 aromatic heterocycles. The number of piperazine rings is 1. The van der Waals surface area contributed by atoms with E-state index in [-0.39, 0.29) is 0 Å². The van der Waals surface area contributed by atoms with Gasteiger partial charge in [0.15, 0.2) is 5.96 Å². The van der Waals surface area contributed by atoms with Gasteiger partial charge in [0.2, 0.25) is 0 Å². The number of benzene rings is 1. The zero-order valence-corrected chi connectivity index (χ0v) is 16.3. The van der Waals surface area contributed by atoms with Crippen molar-refractivity contribution in [1.82, 2.24) is 10.2 Å². The van der Waals surface area contributed by atoms with Crippen molar-refractivity contribution in [2.75, 3.05) is 55.7 Å². The van der Waals surface area contributed by atoms with Crippen molar-refractivity contribution >= 4 is 35.0 Å². The van der Waals surface area contributed by atoms with Crippen molar-refractivity contribution in [2.45, 2.75) is 18.9 Å². The molecule has 0 amide bonds. The lowest BCUT2D eigenvalue weighted by Gasteiger charge is -2.38. The van der Waals surface area contributed by atoms with Crippen molar-refractivity contribution in [3.05, 3.63) is 29.3 Å². The van der Waals surface area contributed by atoms with Crippen molar-refractivity contribution in [3.63, 3.8) is 0 Å². The summed E-state index contributed by atoms with van der Waals surface area (Å²) < 4.78 is 0. The average Bonchev–Trinajstić information content (AvgIpc) is 3.06. The first-order valence-electron chi connectivity index (χ1n) is 8.94. The number of rotatable bonds is 4. The van der Waals surface area contributed by atoms with E-state index in [9.17, 15) is 5.11 Å². The normalized spacial score (nSPS) is 24.7. The standard InChI is InChI=1S/C18H27ClN4OS/c1-2-20-17(21-13-18(24)7-12-25-14-18)23-10-8-22(9-11-23)16-6-4-3-5-15(16)19/h3-6,24H,2,7-14H2,1H3,(H,20,21). The van der Waals surface area contributed by atoms with E-state index >= 15 is 0 Å². The highest BCUT2D eigenvalue weighted by molar-refractivity contribution is 7.99. The third-order valence-electron chi connectivity index (χ3n) is 4.71. The van der Waals surface area contributed by atoms with Gasteiger partial charge >= 0.3 is 0 Å². The first-order valence-corrected chi connectivity index (χ1v) is 10.5. The number of aliphatic imine (C=N–C) groups is 1. The summed E-state index contributed by atoms with van der Waals surface area (Å²) in [6.07, 6.45) is 0.834. The molecule has 0 spiro atoms. The largest absolute Gasteiger partial charge is 0.387 e. The van der Waals surface area contributed by atoms with E-state index in [2.05, 4.69) is 28.1 Å². The van der Waals surface area contributed by atoms with Crippen LogP contribution in [0.2, 0.25) is 5.02 Å². The summed E-state index contributed by atoms with van der Waals surface area (Å²) >= 11 is 8.13. The maximum atomic E-state index is 10.5. The fourth-order valence-corrected chi connectivity index (χ4v) is 4.78. The Morgan fingerprint density at radius 1 is 1.32 bits per heavy atom. The lowest BCUT2D eigenvalue weighted by molar-refractivity contribution is 0.0775. The van der Waals surface area contributed by atoms with Crippen LogP contribution in [0.5, 0.6) is 0 Å². The van der Waals surface area contributed by atoms with Crippen LogP contribution in [0.3, 0.4) is 0 Å². The van der Waals surface area contributed by atoms with E-state index in [1.165, 1.54) is 0 Å². The fourth-order valence-electron chi connectivity index (χ4n) is 3.24. The minimum Gasteiger partial charge on any atom is -0.387 e. The van der Waals surface area contributed by atoms with Crippen LogP contribution in [0.15, 0.2) is 29.3 Å². The van der Waals surface area contributed by atoms with Gasteiger partial charge in [-0.3, -0.25) is 4.99 Å². The number of nitrogens with one attached hydrogen (secondary N) is 1. The molecule has 0 saturated carbocycles. The van der Waals surface area contributed by atoms with E-state index in [0.717, 1.165) is 67.3 Å². The average molecular weight is 383 g/mol. The fraction of sp³-hybridized carbons (Fsp3) is 0.611. The van der Waals surface area contributed by atoms with Crippen LogP contribution in [-0.4, -0.2) is 72.3 Å². The molecular formula is C18H27ClN4OS. The predicted molar refractivity (Wildman–Crippen MR) is 108 cm³/mol. The molecule has 3 rings (SSSR count). The predicted octanol–water partition coefficient (Wildman–Crippen LogP) is 2.30. The number of hydrogen-bond acceptors (Lipinski definition) is 4. The number of guanidine groups is 1. The maximum Gasteiger partial charge on any atom is 0.194 e. The molecule has 2 aliphatic heterocycles. The highest BCUT2D eigenvalue weighted by atomic mass is 35.5. The molecule has 2 heterocycles. The van der Waals surface area contributed by atoms with Gasteiger partial charge in [0.25, 0.3) is 0 Å². The van der Waals surface area contributed by atoms with Crippen molar-refractivity contribution < 1.29 is 5.11 Å². The Kier molecular flexibility index (Phi) is 6.36. The van der Waals surface area contributed by atoms with Crippen molar-refractivity contribution in [2.24, 2.45) is 4.99 Å². The first kappa shape index (κ1) is 18.7. The second-order valence-corrected chi connectivity index (χ2v) is 8.13. The second-order valence-electron chi connectivity index (χ2n) is 6.62. The van der Waals surface area contributed by atoms with E-state index in [0.29, 0.717) is 6.54 Å². The summed E-state index contributed by atoms with van der Waals surface area (Å²) in [6.45, 7) is 7.00. The lowest BCUT2D eigenvalue weighted by atomic mass is 10.0. The molecule has 2 saturated heterocycles. The molecule has 7 heteroatoms. The van der Waals surface area contributed by atoms with Gasteiger partial charge in [-0.2, -0.15) is 11.8 Å². The molecule has 138 valence electrons. The Bertz CT molecular complexity index is 598. The summed E-state index contributed by atoms with van der Waals surface area (Å²) in [5, 5.41) is 14.7. The maximum absolute atomic E-state index is 10.5. The molecule has 0 aliphatic carbocycles. The van der Waals surface area contributed by atoms with Gasteiger partial charge in [-0.25, -0.2) is 0 Å². The highest BCUT2D eigenvalue weighted by Crippen LogP contribution is 2.28. The summed E-state index contributed by atoms with van der Waals surface area (Å²) in [4.78, 5) is 9.33. The van der Waals surface area contributed by atoms with E-state index in [1.807, 2.05) is 30.0 Å². The van der Waals surface area contributed by atoms with Crippen LogP contribution < -0.4 is 10.2 Å². The molecule has 25 heavy (non-hydrogen) atoms. The van der Waals surface area contributed by atoms with Crippen molar-refractivity contribution in [1.29, 1.82) is 0 Å². The Hall–Kier alpha value is -1.11. The van der Waals surface area contributed by atoms with Crippen LogP contribution >= 0.6 is 23.4 Å². The Balaban J connectivity index is 1.61. The van der Waals surface area contributed by atoms with Gasteiger partial charge in [0.05, 0.1) is 22.9 Å². The first-order chi connectivity index (χ1) is 12.1. The molecule has 2 aliphatic rings. The smallest absolute Gasteiger partial charge is 0.194 e. The number of para-hydroxylation sites is 1. The highest BCUT2D eigenvalue weighted by Gasteiger charge is 2.32. The molecule has 5 nitrogen and oxygen atoms in total. The lowest BCUT2D eigenvalue weighted by Crippen LogP contribution is -2.53. The minimum absolute atomic E-state index is 0.479. The number of thioether (sulfide) groups is 1. The molecule has 0 bridgehead atoms. The molecular weight excluding hydrogens is 356 g/mol. The third kappa shape index (κ3) is 4.74. The minimum atomic E-state index is -0.634. The Morgan fingerprint density at radius 2 is 2.08 bits per heavy atom. The molecule has 1 unspecified atom stereocenters. The van der Waals surface area contributed by atoms with Crippen LogP contribution in [0.1, 0.15) is 13.3 Å². The van der Waals surface area contributed by atoms with E-state index in [1.54, 1.807) is 0 Å². The molecule has 0 radical (unpaired) electrons. The van der Waals surface area contributed by atoms with Gasteiger partial charge in [0.1, 0.15) is 0 Å². The molecule has 1 atom stereocenters. The SMILES string of the molecule is CCNC(=NCC1(O)CCSC1)N1CCN(c2ccccc2Cl)CC1. The summed E-state index contributed by atoms with van der Waals surface area (Å²) in [5.74, 6) is 2.72. The van der Waals surface area contributed by atoms with Crippen LogP contribution in [0.4, 0.5) is 5.69 Å².